The van der Waals surface area contributed by atoms with Gasteiger partial charge < -0.3 is 10.0 Å². The number of alkyl halides is 3. The van der Waals surface area contributed by atoms with Gasteiger partial charge in [-0.15, -0.1) is 11.3 Å². The molecule has 0 spiro atoms. The zero-order valence-corrected chi connectivity index (χ0v) is 15.9. The SMILES string of the molecule is Cc1csc(C(O)(CC(=O)N(C)Cc2ccccc2Br)C(F)(F)F)n1. The van der Waals surface area contributed by atoms with Crippen LogP contribution in [0.2, 0.25) is 0 Å². The van der Waals surface area contributed by atoms with E-state index in [1.807, 2.05) is 0 Å². The summed E-state index contributed by atoms with van der Waals surface area (Å²) in [4.78, 5) is 17.2. The predicted octanol–water partition coefficient (Wildman–Crippen LogP) is 4.01. The van der Waals surface area contributed by atoms with E-state index in [2.05, 4.69) is 20.9 Å². The van der Waals surface area contributed by atoms with E-state index in [1.165, 1.54) is 19.4 Å². The Hall–Kier alpha value is -1.45. The lowest BCUT2D eigenvalue weighted by molar-refractivity contribution is -0.268. The van der Waals surface area contributed by atoms with Crippen LogP contribution in [-0.4, -0.2) is 34.1 Å². The monoisotopic (exact) mass is 436 g/mol. The molecule has 0 aliphatic rings. The van der Waals surface area contributed by atoms with Crippen molar-refractivity contribution in [1.82, 2.24) is 9.88 Å². The first-order valence-electron chi connectivity index (χ1n) is 7.23. The van der Waals surface area contributed by atoms with Gasteiger partial charge in [-0.1, -0.05) is 34.1 Å². The molecular weight excluding hydrogens is 421 g/mol. The maximum atomic E-state index is 13.5. The number of aliphatic hydroxyl groups is 1. The highest BCUT2D eigenvalue weighted by Crippen LogP contribution is 2.43. The van der Waals surface area contributed by atoms with E-state index in [-0.39, 0.29) is 6.54 Å². The molecule has 25 heavy (non-hydrogen) atoms. The van der Waals surface area contributed by atoms with Crippen molar-refractivity contribution in [3.63, 3.8) is 0 Å². The Morgan fingerprint density at radius 3 is 2.52 bits per heavy atom. The van der Waals surface area contributed by atoms with Crippen molar-refractivity contribution in [3.8, 4) is 0 Å². The lowest BCUT2D eigenvalue weighted by Crippen LogP contribution is -2.46. The minimum atomic E-state index is -5.01. The van der Waals surface area contributed by atoms with Gasteiger partial charge >= 0.3 is 6.18 Å². The van der Waals surface area contributed by atoms with Gasteiger partial charge in [0.2, 0.25) is 11.5 Å². The Balaban J connectivity index is 2.21. The third kappa shape index (κ3) is 4.39. The zero-order valence-electron chi connectivity index (χ0n) is 13.5. The Kier molecular flexibility index (Phi) is 5.90. The molecule has 9 heteroatoms. The van der Waals surface area contributed by atoms with E-state index in [0.717, 1.165) is 14.9 Å². The summed E-state index contributed by atoms with van der Waals surface area (Å²) in [7, 11) is 1.39. The first-order chi connectivity index (χ1) is 11.5. The van der Waals surface area contributed by atoms with E-state index in [4.69, 9.17) is 0 Å². The summed E-state index contributed by atoms with van der Waals surface area (Å²) in [6.07, 6.45) is -6.13. The van der Waals surface area contributed by atoms with Gasteiger partial charge in [0.05, 0.1) is 6.42 Å². The molecule has 1 N–H and O–H groups in total. The van der Waals surface area contributed by atoms with Gasteiger partial charge in [0, 0.05) is 29.1 Å². The number of hydrogen-bond acceptors (Lipinski definition) is 4. The van der Waals surface area contributed by atoms with E-state index in [1.54, 1.807) is 24.3 Å². The molecule has 4 nitrogen and oxygen atoms in total. The number of carbonyl (C=O) groups excluding carboxylic acids is 1. The maximum absolute atomic E-state index is 13.5. The maximum Gasteiger partial charge on any atom is 0.424 e. The summed E-state index contributed by atoms with van der Waals surface area (Å²) in [5.41, 5.74) is -2.19. The molecule has 0 saturated heterocycles. The Bertz CT molecular complexity index is 766. The van der Waals surface area contributed by atoms with Crippen molar-refractivity contribution in [2.45, 2.75) is 31.7 Å². The van der Waals surface area contributed by atoms with Crippen LogP contribution in [0.4, 0.5) is 13.2 Å². The molecule has 1 atom stereocenters. The van der Waals surface area contributed by atoms with Gasteiger partial charge in [-0.3, -0.25) is 4.79 Å². The molecule has 2 rings (SSSR count). The molecule has 1 amide bonds. The fourth-order valence-corrected chi connectivity index (χ4v) is 3.49. The van der Waals surface area contributed by atoms with E-state index >= 15 is 0 Å². The van der Waals surface area contributed by atoms with Gasteiger partial charge in [0.1, 0.15) is 5.01 Å². The van der Waals surface area contributed by atoms with Crippen molar-refractivity contribution in [2.75, 3.05) is 7.05 Å². The highest BCUT2D eigenvalue weighted by atomic mass is 79.9. The third-order valence-corrected chi connectivity index (χ3v) is 5.52. The number of thiazole rings is 1. The van der Waals surface area contributed by atoms with E-state index in [0.29, 0.717) is 17.0 Å². The van der Waals surface area contributed by atoms with Crippen molar-refractivity contribution < 1.29 is 23.1 Å². The number of benzene rings is 1. The van der Waals surface area contributed by atoms with Gasteiger partial charge in [0.25, 0.3) is 0 Å². The molecule has 136 valence electrons. The van der Waals surface area contributed by atoms with Crippen LogP contribution >= 0.6 is 27.3 Å². The number of rotatable bonds is 5. The quantitative estimate of drug-likeness (QED) is 0.769. The summed E-state index contributed by atoms with van der Waals surface area (Å²) < 4.78 is 41.1. The molecule has 0 saturated carbocycles. The number of aryl methyl sites for hydroxylation is 1. The highest BCUT2D eigenvalue weighted by Gasteiger charge is 2.58. The molecule has 0 fully saturated rings. The van der Waals surface area contributed by atoms with Crippen LogP contribution < -0.4 is 0 Å². The summed E-state index contributed by atoms with van der Waals surface area (Å²) in [6.45, 7) is 1.64. The number of hydrogen-bond donors (Lipinski definition) is 1. The summed E-state index contributed by atoms with van der Waals surface area (Å²) in [6, 6.07) is 7.09. The molecule has 1 aromatic carbocycles. The second-order valence-electron chi connectivity index (χ2n) is 5.67. The van der Waals surface area contributed by atoms with Gasteiger partial charge in [-0.2, -0.15) is 13.2 Å². The molecule has 0 aliphatic heterocycles. The second-order valence-corrected chi connectivity index (χ2v) is 7.38. The second kappa shape index (κ2) is 7.43. The first kappa shape index (κ1) is 19.9. The van der Waals surface area contributed by atoms with Crippen molar-refractivity contribution in [1.29, 1.82) is 0 Å². The van der Waals surface area contributed by atoms with E-state index < -0.39 is 29.1 Å². The van der Waals surface area contributed by atoms with Crippen LogP contribution in [0.15, 0.2) is 34.1 Å². The standard InChI is InChI=1S/C16H16BrF3N2O2S/c1-10-9-25-14(21-10)15(24,16(18,19)20)7-13(23)22(2)8-11-5-3-4-6-12(11)17/h3-6,9,24H,7-8H2,1-2H3. The van der Waals surface area contributed by atoms with Crippen LogP contribution in [0.5, 0.6) is 0 Å². The van der Waals surface area contributed by atoms with Gasteiger partial charge in [-0.05, 0) is 18.6 Å². The molecule has 0 radical (unpaired) electrons. The molecule has 0 bridgehead atoms. The smallest absolute Gasteiger partial charge is 0.374 e. The fourth-order valence-electron chi connectivity index (χ4n) is 2.17. The number of nitrogens with zero attached hydrogens (tertiary/aromatic N) is 2. The molecule has 0 aliphatic carbocycles. The number of aromatic nitrogens is 1. The van der Waals surface area contributed by atoms with Gasteiger partial charge in [-0.25, -0.2) is 4.98 Å². The lowest BCUT2D eigenvalue weighted by Gasteiger charge is -2.30. The average Bonchev–Trinajstić information content (AvgIpc) is 2.95. The van der Waals surface area contributed by atoms with Crippen LogP contribution in [0, 0.1) is 6.92 Å². The number of halogens is 4. The Morgan fingerprint density at radius 1 is 1.36 bits per heavy atom. The third-order valence-electron chi connectivity index (χ3n) is 3.64. The van der Waals surface area contributed by atoms with Crippen molar-refractivity contribution >= 4 is 33.2 Å². The highest BCUT2D eigenvalue weighted by molar-refractivity contribution is 9.10. The predicted molar refractivity (Wildman–Crippen MR) is 92.0 cm³/mol. The van der Waals surface area contributed by atoms with Crippen LogP contribution in [0.3, 0.4) is 0 Å². The van der Waals surface area contributed by atoms with Crippen LogP contribution in [0.1, 0.15) is 22.7 Å². The zero-order chi connectivity index (χ0) is 18.8. The number of carbonyl (C=O) groups is 1. The molecule has 2 aromatic rings. The minimum absolute atomic E-state index is 0.116. The average molecular weight is 437 g/mol. The Labute approximate surface area is 155 Å². The largest absolute Gasteiger partial charge is 0.424 e. The van der Waals surface area contributed by atoms with Crippen LogP contribution in [-0.2, 0) is 16.9 Å². The molecule has 1 heterocycles. The minimum Gasteiger partial charge on any atom is -0.374 e. The van der Waals surface area contributed by atoms with E-state index in [9.17, 15) is 23.1 Å². The Morgan fingerprint density at radius 2 is 2.00 bits per heavy atom. The van der Waals surface area contributed by atoms with Gasteiger partial charge in [0.15, 0.2) is 0 Å². The first-order valence-corrected chi connectivity index (χ1v) is 8.91. The normalized spacial score (nSPS) is 14.2. The number of amides is 1. The lowest BCUT2D eigenvalue weighted by atomic mass is 9.98. The molecular formula is C16H16BrF3N2O2S. The molecule has 1 aromatic heterocycles. The molecule has 1 unspecified atom stereocenters. The summed E-state index contributed by atoms with van der Waals surface area (Å²) >= 11 is 4.01. The fraction of sp³-hybridized carbons (Fsp3) is 0.375. The van der Waals surface area contributed by atoms with Crippen LogP contribution in [0.25, 0.3) is 0 Å². The topological polar surface area (TPSA) is 53.4 Å². The summed E-state index contributed by atoms with van der Waals surface area (Å²) in [5.74, 6) is -0.830. The van der Waals surface area contributed by atoms with Crippen molar-refractivity contribution in [3.05, 3.63) is 50.4 Å². The summed E-state index contributed by atoms with van der Waals surface area (Å²) in [5, 5.41) is 11.1. The van der Waals surface area contributed by atoms with Crippen molar-refractivity contribution in [2.24, 2.45) is 0 Å².